The zero-order valence-corrected chi connectivity index (χ0v) is 10.3. The second-order valence-electron chi connectivity index (χ2n) is 5.98. The van der Waals surface area contributed by atoms with E-state index in [9.17, 15) is 0 Å². The fraction of sp³-hybridized carbons (Fsp3) is 1.00. The van der Waals surface area contributed by atoms with Gasteiger partial charge in [0, 0.05) is 0 Å². The van der Waals surface area contributed by atoms with E-state index in [0.717, 1.165) is 35.5 Å². The first kappa shape index (κ1) is 10.5. The maximum absolute atomic E-state index is 2.51. The Morgan fingerprint density at radius 3 is 2.14 bits per heavy atom. The molecule has 2 saturated carbocycles. The normalized spacial score (nSPS) is 53.1. The van der Waals surface area contributed by atoms with Gasteiger partial charge in [-0.2, -0.15) is 0 Å². The van der Waals surface area contributed by atoms with Crippen LogP contribution in [0.3, 0.4) is 0 Å². The van der Waals surface area contributed by atoms with Crippen LogP contribution in [0.5, 0.6) is 0 Å². The van der Waals surface area contributed by atoms with Gasteiger partial charge in [-0.15, -0.1) is 0 Å². The van der Waals surface area contributed by atoms with Crippen molar-refractivity contribution in [1.82, 2.24) is 0 Å². The molecule has 0 heteroatoms. The minimum Gasteiger partial charge on any atom is -0.0651 e. The molecule has 0 nitrogen and oxygen atoms in total. The van der Waals surface area contributed by atoms with Gasteiger partial charge in [-0.3, -0.25) is 0 Å². The molecule has 2 aliphatic carbocycles. The molecule has 0 radical (unpaired) electrons. The molecule has 0 aromatic heterocycles. The van der Waals surface area contributed by atoms with Gasteiger partial charge < -0.3 is 0 Å². The Balaban J connectivity index is 2.20. The number of hydrogen-bond donors (Lipinski definition) is 0. The highest BCUT2D eigenvalue weighted by Gasteiger charge is 2.42. The molecule has 82 valence electrons. The SMILES string of the molecule is CCC1C2CCC(C2)C(C)C(C)C1C. The van der Waals surface area contributed by atoms with Gasteiger partial charge in [-0.25, -0.2) is 0 Å². The highest BCUT2D eigenvalue weighted by Crippen LogP contribution is 2.51. The minimum atomic E-state index is 0.954. The number of rotatable bonds is 1. The summed E-state index contributed by atoms with van der Waals surface area (Å²) in [7, 11) is 0. The van der Waals surface area contributed by atoms with Gasteiger partial charge in [0.25, 0.3) is 0 Å². The summed E-state index contributed by atoms with van der Waals surface area (Å²) in [6.07, 6.45) is 6.02. The Morgan fingerprint density at radius 2 is 1.50 bits per heavy atom. The molecule has 0 N–H and O–H groups in total. The van der Waals surface area contributed by atoms with Crippen molar-refractivity contribution in [2.75, 3.05) is 0 Å². The molecule has 6 atom stereocenters. The molecular formula is C14H26. The monoisotopic (exact) mass is 194 g/mol. The molecule has 6 unspecified atom stereocenters. The Morgan fingerprint density at radius 1 is 0.857 bits per heavy atom. The van der Waals surface area contributed by atoms with Gasteiger partial charge in [0.05, 0.1) is 0 Å². The fourth-order valence-electron chi connectivity index (χ4n) is 4.35. The van der Waals surface area contributed by atoms with E-state index in [4.69, 9.17) is 0 Å². The lowest BCUT2D eigenvalue weighted by Gasteiger charge is -2.34. The van der Waals surface area contributed by atoms with Crippen molar-refractivity contribution in [2.24, 2.45) is 35.5 Å². The molecule has 2 rings (SSSR count). The summed E-state index contributed by atoms with van der Waals surface area (Å²) in [5.74, 6) is 6.06. The third-order valence-electron chi connectivity index (χ3n) is 5.67. The van der Waals surface area contributed by atoms with Crippen molar-refractivity contribution < 1.29 is 0 Å². The van der Waals surface area contributed by atoms with Crippen LogP contribution in [0, 0.1) is 35.5 Å². The van der Waals surface area contributed by atoms with Gasteiger partial charge in [-0.1, -0.05) is 34.1 Å². The quantitative estimate of drug-likeness (QED) is 0.582. The van der Waals surface area contributed by atoms with E-state index in [1.807, 2.05) is 0 Å². The van der Waals surface area contributed by atoms with Crippen LogP contribution in [0.1, 0.15) is 53.4 Å². The second kappa shape index (κ2) is 3.87. The van der Waals surface area contributed by atoms with E-state index in [0.29, 0.717) is 0 Å². The summed E-state index contributed by atoms with van der Waals surface area (Å²) < 4.78 is 0. The van der Waals surface area contributed by atoms with Crippen LogP contribution >= 0.6 is 0 Å². The van der Waals surface area contributed by atoms with Crippen LogP contribution in [0.4, 0.5) is 0 Å². The standard InChI is InChI=1S/C14H26/c1-5-14-11(4)9(2)10(3)12-6-7-13(14)8-12/h9-14H,5-8H2,1-4H3. The molecule has 0 amide bonds. The number of hydrogen-bond acceptors (Lipinski definition) is 0. The predicted molar refractivity (Wildman–Crippen MR) is 62.1 cm³/mol. The molecule has 2 fully saturated rings. The second-order valence-corrected chi connectivity index (χ2v) is 5.98. The summed E-state index contributed by atoms with van der Waals surface area (Å²) in [6, 6.07) is 0. The van der Waals surface area contributed by atoms with Crippen molar-refractivity contribution in [2.45, 2.75) is 53.4 Å². The molecule has 0 aliphatic heterocycles. The van der Waals surface area contributed by atoms with Crippen LogP contribution in [0.15, 0.2) is 0 Å². The molecule has 14 heavy (non-hydrogen) atoms. The maximum Gasteiger partial charge on any atom is -0.0360 e. The van der Waals surface area contributed by atoms with E-state index in [1.54, 1.807) is 6.42 Å². The van der Waals surface area contributed by atoms with Crippen LogP contribution in [-0.2, 0) is 0 Å². The van der Waals surface area contributed by atoms with Crippen LogP contribution in [0.25, 0.3) is 0 Å². The van der Waals surface area contributed by atoms with Gasteiger partial charge >= 0.3 is 0 Å². The molecular weight excluding hydrogens is 168 g/mol. The van der Waals surface area contributed by atoms with Crippen LogP contribution in [-0.4, -0.2) is 0 Å². The first-order valence-corrected chi connectivity index (χ1v) is 6.65. The zero-order chi connectivity index (χ0) is 10.3. The Kier molecular flexibility index (Phi) is 2.91. The van der Waals surface area contributed by atoms with Crippen molar-refractivity contribution in [3.8, 4) is 0 Å². The van der Waals surface area contributed by atoms with Crippen molar-refractivity contribution in [3.63, 3.8) is 0 Å². The van der Waals surface area contributed by atoms with E-state index in [2.05, 4.69) is 27.7 Å². The minimum absolute atomic E-state index is 0.954. The summed E-state index contributed by atoms with van der Waals surface area (Å²) >= 11 is 0. The lowest BCUT2D eigenvalue weighted by Crippen LogP contribution is -2.27. The molecule has 0 aromatic carbocycles. The summed E-state index contributed by atoms with van der Waals surface area (Å²) in [6.45, 7) is 9.91. The Bertz CT molecular complexity index is 196. The summed E-state index contributed by atoms with van der Waals surface area (Å²) in [5.41, 5.74) is 0. The molecule has 0 heterocycles. The lowest BCUT2D eigenvalue weighted by molar-refractivity contribution is 0.150. The smallest absolute Gasteiger partial charge is 0.0360 e. The largest absolute Gasteiger partial charge is 0.0651 e. The average molecular weight is 194 g/mol. The van der Waals surface area contributed by atoms with Crippen LogP contribution < -0.4 is 0 Å². The molecule has 0 aromatic rings. The van der Waals surface area contributed by atoms with E-state index in [-0.39, 0.29) is 0 Å². The third kappa shape index (κ3) is 1.51. The number of fused-ring (bicyclic) bond motifs is 2. The van der Waals surface area contributed by atoms with Crippen molar-refractivity contribution in [3.05, 3.63) is 0 Å². The first-order valence-electron chi connectivity index (χ1n) is 6.65. The maximum atomic E-state index is 2.51. The van der Waals surface area contributed by atoms with E-state index >= 15 is 0 Å². The lowest BCUT2D eigenvalue weighted by atomic mass is 9.71. The zero-order valence-electron chi connectivity index (χ0n) is 10.3. The highest BCUT2D eigenvalue weighted by molar-refractivity contribution is 4.92. The van der Waals surface area contributed by atoms with Gasteiger partial charge in [0.1, 0.15) is 0 Å². The topological polar surface area (TPSA) is 0 Å². The van der Waals surface area contributed by atoms with Gasteiger partial charge in [-0.05, 0) is 54.8 Å². The fourth-order valence-corrected chi connectivity index (χ4v) is 4.35. The average Bonchev–Trinajstić information content (AvgIpc) is 2.62. The molecule has 2 aliphatic rings. The molecule has 0 saturated heterocycles. The van der Waals surface area contributed by atoms with Gasteiger partial charge in [0.2, 0.25) is 0 Å². The van der Waals surface area contributed by atoms with Crippen LogP contribution in [0.2, 0.25) is 0 Å². The highest BCUT2D eigenvalue weighted by atomic mass is 14.5. The van der Waals surface area contributed by atoms with E-state index in [1.165, 1.54) is 19.3 Å². The summed E-state index contributed by atoms with van der Waals surface area (Å²) in [5, 5.41) is 0. The Labute approximate surface area is 89.5 Å². The third-order valence-corrected chi connectivity index (χ3v) is 5.67. The molecule has 0 spiro atoms. The van der Waals surface area contributed by atoms with Crippen molar-refractivity contribution in [1.29, 1.82) is 0 Å². The summed E-state index contributed by atoms with van der Waals surface area (Å²) in [4.78, 5) is 0. The van der Waals surface area contributed by atoms with Gasteiger partial charge in [0.15, 0.2) is 0 Å². The van der Waals surface area contributed by atoms with Crippen molar-refractivity contribution >= 4 is 0 Å². The first-order chi connectivity index (χ1) is 6.65. The predicted octanol–water partition coefficient (Wildman–Crippen LogP) is 4.35. The van der Waals surface area contributed by atoms with E-state index < -0.39 is 0 Å². The molecule has 2 bridgehead atoms. The Hall–Kier alpha value is 0.